The van der Waals surface area contributed by atoms with E-state index in [9.17, 15) is 0 Å². The van der Waals surface area contributed by atoms with Crippen LogP contribution in [0.2, 0.25) is 0 Å². The highest BCUT2D eigenvalue weighted by molar-refractivity contribution is 5.07. The van der Waals surface area contributed by atoms with E-state index < -0.39 is 0 Å². The second kappa shape index (κ2) is 7.58. The van der Waals surface area contributed by atoms with Gasteiger partial charge in [-0.2, -0.15) is 0 Å². The van der Waals surface area contributed by atoms with Crippen LogP contribution < -0.4 is 5.32 Å². The summed E-state index contributed by atoms with van der Waals surface area (Å²) >= 11 is 0. The first-order valence-corrected chi connectivity index (χ1v) is 7.28. The molecule has 1 aliphatic rings. The van der Waals surface area contributed by atoms with E-state index in [4.69, 9.17) is 0 Å². The third kappa shape index (κ3) is 4.90. The molecular formula is C15H26N4. The second-order valence-corrected chi connectivity index (χ2v) is 5.52. The fourth-order valence-corrected chi connectivity index (χ4v) is 2.60. The summed E-state index contributed by atoms with van der Waals surface area (Å²) in [6, 6.07) is 4.83. The van der Waals surface area contributed by atoms with Crippen LogP contribution in [-0.2, 0) is 6.54 Å². The Morgan fingerprint density at radius 2 is 2.21 bits per heavy atom. The lowest BCUT2D eigenvalue weighted by atomic mass is 10.1. The van der Waals surface area contributed by atoms with Gasteiger partial charge in [0.2, 0.25) is 0 Å². The Bertz CT molecular complexity index is 348. The lowest BCUT2D eigenvalue weighted by Gasteiger charge is -2.33. The highest BCUT2D eigenvalue weighted by Gasteiger charge is 2.16. The van der Waals surface area contributed by atoms with E-state index in [1.807, 2.05) is 18.5 Å². The molecule has 4 heteroatoms. The number of nitrogens with one attached hydrogen (secondary N) is 1. The molecule has 1 aromatic heterocycles. The lowest BCUT2D eigenvalue weighted by molar-refractivity contribution is 0.162. The molecule has 1 N–H and O–H groups in total. The van der Waals surface area contributed by atoms with Gasteiger partial charge >= 0.3 is 0 Å². The molecule has 0 spiro atoms. The van der Waals surface area contributed by atoms with Gasteiger partial charge in [-0.15, -0.1) is 0 Å². The fraction of sp³-hybridized carbons (Fsp3) is 0.667. The second-order valence-electron chi connectivity index (χ2n) is 5.52. The van der Waals surface area contributed by atoms with Crippen LogP contribution in [0.15, 0.2) is 24.5 Å². The molecule has 0 bridgehead atoms. The molecule has 19 heavy (non-hydrogen) atoms. The van der Waals surface area contributed by atoms with Gasteiger partial charge < -0.3 is 10.2 Å². The van der Waals surface area contributed by atoms with Crippen LogP contribution in [0.4, 0.5) is 0 Å². The standard InChI is InChI=1S/C15H26N4/c1-14(19-10-7-16-8-11-19)5-9-18(2)13-15-4-3-6-17-12-15/h3-4,6,12,14,16H,5,7-11,13H2,1-2H3. The normalized spacial score (nSPS) is 18.7. The third-order valence-corrected chi connectivity index (χ3v) is 3.88. The summed E-state index contributed by atoms with van der Waals surface area (Å²) in [7, 11) is 2.19. The van der Waals surface area contributed by atoms with Crippen molar-refractivity contribution in [3.63, 3.8) is 0 Å². The largest absolute Gasteiger partial charge is 0.314 e. The lowest BCUT2D eigenvalue weighted by Crippen LogP contribution is -2.48. The van der Waals surface area contributed by atoms with Crippen molar-refractivity contribution in [1.82, 2.24) is 20.1 Å². The van der Waals surface area contributed by atoms with E-state index in [2.05, 4.69) is 40.1 Å². The minimum Gasteiger partial charge on any atom is -0.314 e. The molecule has 2 rings (SSSR count). The van der Waals surface area contributed by atoms with Gasteiger partial charge in [0.25, 0.3) is 0 Å². The van der Waals surface area contributed by atoms with E-state index >= 15 is 0 Å². The predicted molar refractivity (Wildman–Crippen MR) is 79.1 cm³/mol. The van der Waals surface area contributed by atoms with Crippen LogP contribution in [0, 0.1) is 0 Å². The molecule has 4 nitrogen and oxygen atoms in total. The van der Waals surface area contributed by atoms with E-state index in [1.165, 1.54) is 25.1 Å². The number of rotatable bonds is 6. The van der Waals surface area contributed by atoms with E-state index in [1.54, 1.807) is 0 Å². The monoisotopic (exact) mass is 262 g/mol. The number of pyridine rings is 1. The van der Waals surface area contributed by atoms with Crippen LogP contribution in [-0.4, -0.2) is 60.6 Å². The summed E-state index contributed by atoms with van der Waals surface area (Å²) < 4.78 is 0. The maximum absolute atomic E-state index is 4.16. The summed E-state index contributed by atoms with van der Waals surface area (Å²) in [6.07, 6.45) is 5.02. The smallest absolute Gasteiger partial charge is 0.0312 e. The molecule has 106 valence electrons. The number of hydrogen-bond donors (Lipinski definition) is 1. The molecule has 1 aromatic rings. The average Bonchev–Trinajstić information content (AvgIpc) is 2.47. The SMILES string of the molecule is CC(CCN(C)Cc1cccnc1)N1CCNCC1. The molecule has 1 aliphatic heterocycles. The van der Waals surface area contributed by atoms with Crippen molar-refractivity contribution < 1.29 is 0 Å². The van der Waals surface area contributed by atoms with Crippen molar-refractivity contribution in [1.29, 1.82) is 0 Å². The molecule has 0 radical (unpaired) electrons. The zero-order valence-electron chi connectivity index (χ0n) is 12.2. The molecule has 2 heterocycles. The molecule has 0 aliphatic carbocycles. The summed E-state index contributed by atoms with van der Waals surface area (Å²) in [5, 5.41) is 3.41. The third-order valence-electron chi connectivity index (χ3n) is 3.88. The van der Waals surface area contributed by atoms with Crippen LogP contribution >= 0.6 is 0 Å². The van der Waals surface area contributed by atoms with Gasteiger partial charge in [-0.3, -0.25) is 9.88 Å². The molecular weight excluding hydrogens is 236 g/mol. The molecule has 0 amide bonds. The highest BCUT2D eigenvalue weighted by atomic mass is 15.2. The Hall–Kier alpha value is -0.970. The van der Waals surface area contributed by atoms with Crippen LogP contribution in [0.25, 0.3) is 0 Å². The topological polar surface area (TPSA) is 31.4 Å². The Kier molecular flexibility index (Phi) is 5.76. The van der Waals surface area contributed by atoms with Crippen molar-refractivity contribution in [2.75, 3.05) is 39.8 Å². The van der Waals surface area contributed by atoms with Crippen LogP contribution in [0.3, 0.4) is 0 Å². The van der Waals surface area contributed by atoms with Gasteiger partial charge in [-0.25, -0.2) is 0 Å². The van der Waals surface area contributed by atoms with Crippen molar-refractivity contribution in [2.45, 2.75) is 25.9 Å². The van der Waals surface area contributed by atoms with Crippen molar-refractivity contribution in [2.24, 2.45) is 0 Å². The molecule has 1 unspecified atom stereocenters. The fourth-order valence-electron chi connectivity index (χ4n) is 2.60. The van der Waals surface area contributed by atoms with Gasteiger partial charge in [-0.05, 0) is 38.6 Å². The number of nitrogens with zero attached hydrogens (tertiary/aromatic N) is 3. The maximum Gasteiger partial charge on any atom is 0.0312 e. The Morgan fingerprint density at radius 1 is 1.42 bits per heavy atom. The Balaban J connectivity index is 1.69. The molecule has 1 fully saturated rings. The van der Waals surface area contributed by atoms with Gasteiger partial charge in [0.15, 0.2) is 0 Å². The van der Waals surface area contributed by atoms with E-state index in [0.29, 0.717) is 6.04 Å². The minimum absolute atomic E-state index is 0.679. The first kappa shape index (κ1) is 14.4. The summed E-state index contributed by atoms with van der Waals surface area (Å²) in [5.41, 5.74) is 1.29. The highest BCUT2D eigenvalue weighted by Crippen LogP contribution is 2.07. The summed E-state index contributed by atoms with van der Waals surface area (Å²) in [6.45, 7) is 9.12. The number of hydrogen-bond acceptors (Lipinski definition) is 4. The van der Waals surface area contributed by atoms with Crippen molar-refractivity contribution in [3.05, 3.63) is 30.1 Å². The maximum atomic E-state index is 4.16. The summed E-state index contributed by atoms with van der Waals surface area (Å²) in [5.74, 6) is 0. The Labute approximate surface area is 116 Å². The zero-order chi connectivity index (χ0) is 13.5. The first-order chi connectivity index (χ1) is 9.25. The van der Waals surface area contributed by atoms with Crippen LogP contribution in [0.1, 0.15) is 18.9 Å². The molecule has 1 saturated heterocycles. The molecule has 1 atom stereocenters. The van der Waals surface area contributed by atoms with E-state index in [0.717, 1.165) is 26.2 Å². The van der Waals surface area contributed by atoms with Gasteiger partial charge in [-0.1, -0.05) is 6.07 Å². The Morgan fingerprint density at radius 3 is 2.89 bits per heavy atom. The quantitative estimate of drug-likeness (QED) is 0.835. The summed E-state index contributed by atoms with van der Waals surface area (Å²) in [4.78, 5) is 9.14. The van der Waals surface area contributed by atoms with Gasteiger partial charge in [0.1, 0.15) is 0 Å². The minimum atomic E-state index is 0.679. The molecule has 0 saturated carbocycles. The van der Waals surface area contributed by atoms with Gasteiger partial charge in [0, 0.05) is 51.2 Å². The average molecular weight is 262 g/mol. The molecule has 0 aromatic carbocycles. The predicted octanol–water partition coefficient (Wildman–Crippen LogP) is 1.20. The van der Waals surface area contributed by atoms with Gasteiger partial charge in [0.05, 0.1) is 0 Å². The number of piperazine rings is 1. The van der Waals surface area contributed by atoms with Crippen molar-refractivity contribution >= 4 is 0 Å². The van der Waals surface area contributed by atoms with E-state index in [-0.39, 0.29) is 0 Å². The number of aromatic nitrogens is 1. The van der Waals surface area contributed by atoms with Crippen LogP contribution in [0.5, 0.6) is 0 Å². The zero-order valence-corrected chi connectivity index (χ0v) is 12.2. The first-order valence-electron chi connectivity index (χ1n) is 7.28. The van der Waals surface area contributed by atoms with Crippen molar-refractivity contribution in [3.8, 4) is 0 Å².